The lowest BCUT2D eigenvalue weighted by molar-refractivity contribution is -0.141. The first-order valence-corrected chi connectivity index (χ1v) is 9.04. The molecule has 1 fully saturated rings. The molecule has 2 heterocycles. The minimum absolute atomic E-state index is 0.196. The second kappa shape index (κ2) is 9.36. The molecule has 0 aromatic carbocycles. The van der Waals surface area contributed by atoms with Crippen LogP contribution in [0.5, 0.6) is 0 Å². The van der Waals surface area contributed by atoms with Crippen LogP contribution in [0, 0.1) is 5.92 Å². The second-order valence-electron chi connectivity index (χ2n) is 6.49. The Morgan fingerprint density at radius 2 is 1.96 bits per heavy atom. The number of carbonyl (C=O) groups excluding carboxylic acids is 1. The highest BCUT2D eigenvalue weighted by Crippen LogP contribution is 2.27. The Hall–Kier alpha value is -1.61. The largest absolute Gasteiger partial charge is 0.435 e. The number of hydrogen-bond donors (Lipinski definition) is 1. The lowest BCUT2D eigenvalue weighted by Gasteiger charge is -2.38. The number of carbonyl (C=O) groups is 1. The van der Waals surface area contributed by atoms with Crippen molar-refractivity contribution in [3.05, 3.63) is 18.0 Å². The smallest absolute Gasteiger partial charge is 0.379 e. The van der Waals surface area contributed by atoms with Gasteiger partial charge in [-0.1, -0.05) is 26.7 Å². The van der Waals surface area contributed by atoms with Crippen molar-refractivity contribution in [1.29, 1.82) is 0 Å². The van der Waals surface area contributed by atoms with Gasteiger partial charge in [0.15, 0.2) is 5.69 Å². The molecular weight excluding hydrogens is 349 g/mol. The minimum atomic E-state index is -4.50. The first kappa shape index (κ1) is 20.7. The summed E-state index contributed by atoms with van der Waals surface area (Å²) in [4.78, 5) is 14.5. The summed E-state index contributed by atoms with van der Waals surface area (Å²) < 4.78 is 44.1. The van der Waals surface area contributed by atoms with Crippen LogP contribution in [0.2, 0.25) is 0 Å². The van der Waals surface area contributed by atoms with Crippen molar-refractivity contribution in [2.24, 2.45) is 5.92 Å². The van der Waals surface area contributed by atoms with E-state index >= 15 is 0 Å². The van der Waals surface area contributed by atoms with E-state index in [2.05, 4.69) is 29.2 Å². The maximum atomic E-state index is 12.6. The van der Waals surface area contributed by atoms with Crippen LogP contribution in [-0.2, 0) is 22.3 Å². The van der Waals surface area contributed by atoms with Crippen LogP contribution in [0.4, 0.5) is 13.2 Å². The van der Waals surface area contributed by atoms with Crippen LogP contribution >= 0.6 is 0 Å². The van der Waals surface area contributed by atoms with Gasteiger partial charge < -0.3 is 10.1 Å². The van der Waals surface area contributed by atoms with E-state index in [-0.39, 0.29) is 18.5 Å². The van der Waals surface area contributed by atoms with Gasteiger partial charge >= 0.3 is 6.18 Å². The van der Waals surface area contributed by atoms with E-state index in [0.717, 1.165) is 36.7 Å². The average molecular weight is 376 g/mol. The van der Waals surface area contributed by atoms with E-state index in [1.54, 1.807) is 0 Å². The number of nitrogens with one attached hydrogen (secondary N) is 1. The molecule has 1 N–H and O–H groups in total. The zero-order valence-electron chi connectivity index (χ0n) is 15.3. The Balaban J connectivity index is 1.92. The normalized spacial score (nSPS) is 17.5. The van der Waals surface area contributed by atoms with Crippen molar-refractivity contribution < 1.29 is 22.7 Å². The first-order valence-electron chi connectivity index (χ1n) is 9.04. The second-order valence-corrected chi connectivity index (χ2v) is 6.49. The van der Waals surface area contributed by atoms with Gasteiger partial charge in [-0.15, -0.1) is 0 Å². The summed E-state index contributed by atoms with van der Waals surface area (Å²) in [7, 11) is 0. The molecule has 1 saturated heterocycles. The number of amides is 1. The fraction of sp³-hybridized carbons (Fsp3) is 0.765. The molecule has 0 spiro atoms. The van der Waals surface area contributed by atoms with Crippen LogP contribution < -0.4 is 5.32 Å². The highest BCUT2D eigenvalue weighted by atomic mass is 19.4. The zero-order chi connectivity index (χ0) is 19.2. The summed E-state index contributed by atoms with van der Waals surface area (Å²) >= 11 is 0. The molecule has 0 aliphatic carbocycles. The van der Waals surface area contributed by atoms with Crippen molar-refractivity contribution in [2.75, 3.05) is 32.8 Å². The van der Waals surface area contributed by atoms with Gasteiger partial charge in [0.1, 0.15) is 6.54 Å². The SMILES string of the molecule is CCC(CC)C(CNC(=O)Cn1ccc(C(F)(F)F)n1)N1CCOCC1. The van der Waals surface area contributed by atoms with Gasteiger partial charge in [0.25, 0.3) is 0 Å². The van der Waals surface area contributed by atoms with Crippen molar-refractivity contribution in [3.8, 4) is 0 Å². The van der Waals surface area contributed by atoms with Crippen molar-refractivity contribution >= 4 is 5.91 Å². The third-order valence-corrected chi connectivity index (χ3v) is 4.85. The number of aromatic nitrogens is 2. The highest BCUT2D eigenvalue weighted by Gasteiger charge is 2.33. The molecular formula is C17H27F3N4O2. The van der Waals surface area contributed by atoms with E-state index in [4.69, 9.17) is 4.74 Å². The monoisotopic (exact) mass is 376 g/mol. The number of rotatable bonds is 8. The standard InChI is InChI=1S/C17H27F3N4O2/c1-3-13(4-2)14(23-7-9-26-10-8-23)11-21-16(25)12-24-6-5-15(22-24)17(18,19)20/h5-6,13-14H,3-4,7-12H2,1-2H3,(H,21,25). The van der Waals surface area contributed by atoms with Crippen LogP contribution in [0.3, 0.4) is 0 Å². The summed E-state index contributed by atoms with van der Waals surface area (Å²) in [6, 6.07) is 1.06. The molecule has 1 atom stereocenters. The van der Waals surface area contributed by atoms with E-state index in [9.17, 15) is 18.0 Å². The summed E-state index contributed by atoms with van der Waals surface area (Å²) in [5.74, 6) is 0.0981. The van der Waals surface area contributed by atoms with E-state index < -0.39 is 11.9 Å². The minimum Gasteiger partial charge on any atom is -0.379 e. The number of nitrogens with zero attached hydrogens (tertiary/aromatic N) is 3. The number of morpholine rings is 1. The fourth-order valence-electron chi connectivity index (χ4n) is 3.36. The zero-order valence-corrected chi connectivity index (χ0v) is 15.3. The third kappa shape index (κ3) is 5.70. The number of ether oxygens (including phenoxy) is 1. The molecule has 1 aliphatic heterocycles. The van der Waals surface area contributed by atoms with Gasteiger partial charge in [-0.25, -0.2) is 0 Å². The summed E-state index contributed by atoms with van der Waals surface area (Å²) in [5.41, 5.74) is -0.992. The van der Waals surface area contributed by atoms with E-state index in [1.165, 1.54) is 6.20 Å². The molecule has 9 heteroatoms. The van der Waals surface area contributed by atoms with Crippen molar-refractivity contribution in [1.82, 2.24) is 20.0 Å². The Labute approximate surface area is 151 Å². The molecule has 1 aliphatic rings. The maximum Gasteiger partial charge on any atom is 0.435 e. The fourth-order valence-corrected chi connectivity index (χ4v) is 3.36. The Bertz CT molecular complexity index is 567. The van der Waals surface area contributed by atoms with Crippen LogP contribution in [0.1, 0.15) is 32.4 Å². The topological polar surface area (TPSA) is 59.4 Å². The number of hydrogen-bond acceptors (Lipinski definition) is 4. The molecule has 148 valence electrons. The molecule has 1 unspecified atom stereocenters. The summed E-state index contributed by atoms with van der Waals surface area (Å²) in [6.07, 6.45) is -1.33. The third-order valence-electron chi connectivity index (χ3n) is 4.85. The quantitative estimate of drug-likeness (QED) is 0.755. The molecule has 0 bridgehead atoms. The molecule has 26 heavy (non-hydrogen) atoms. The van der Waals surface area contributed by atoms with Crippen molar-refractivity contribution in [3.63, 3.8) is 0 Å². The van der Waals surface area contributed by atoms with Crippen molar-refractivity contribution in [2.45, 2.75) is 45.5 Å². The lowest BCUT2D eigenvalue weighted by atomic mass is 9.92. The average Bonchev–Trinajstić information content (AvgIpc) is 3.08. The summed E-state index contributed by atoms with van der Waals surface area (Å²) in [6.45, 7) is 7.51. The molecule has 0 saturated carbocycles. The molecule has 2 rings (SSSR count). The summed E-state index contributed by atoms with van der Waals surface area (Å²) in [5, 5.41) is 6.27. The molecule has 0 radical (unpaired) electrons. The van der Waals surface area contributed by atoms with Gasteiger partial charge in [0, 0.05) is 31.9 Å². The molecule has 6 nitrogen and oxygen atoms in total. The number of halogens is 3. The highest BCUT2D eigenvalue weighted by molar-refractivity contribution is 5.75. The Morgan fingerprint density at radius 1 is 1.31 bits per heavy atom. The lowest BCUT2D eigenvalue weighted by Crippen LogP contribution is -2.52. The number of alkyl halides is 3. The molecule has 1 aromatic heterocycles. The van der Waals surface area contributed by atoms with E-state index in [1.807, 2.05) is 0 Å². The Morgan fingerprint density at radius 3 is 2.50 bits per heavy atom. The maximum absolute atomic E-state index is 12.6. The molecule has 1 aromatic rings. The van der Waals surface area contributed by atoms with Gasteiger partial charge in [0.2, 0.25) is 5.91 Å². The van der Waals surface area contributed by atoms with Gasteiger partial charge in [-0.05, 0) is 12.0 Å². The van der Waals surface area contributed by atoms with E-state index in [0.29, 0.717) is 25.7 Å². The van der Waals surface area contributed by atoms with Gasteiger partial charge in [-0.3, -0.25) is 14.4 Å². The van der Waals surface area contributed by atoms with Gasteiger partial charge in [0.05, 0.1) is 13.2 Å². The predicted octanol–water partition coefficient (Wildman–Crippen LogP) is 2.16. The van der Waals surface area contributed by atoms with Crippen LogP contribution in [0.25, 0.3) is 0 Å². The van der Waals surface area contributed by atoms with Crippen LogP contribution in [-0.4, -0.2) is 59.5 Å². The van der Waals surface area contributed by atoms with Crippen LogP contribution in [0.15, 0.2) is 12.3 Å². The first-order chi connectivity index (χ1) is 12.3. The molecule has 1 amide bonds. The van der Waals surface area contributed by atoms with Gasteiger partial charge in [-0.2, -0.15) is 18.3 Å². The Kier molecular flexibility index (Phi) is 7.45. The predicted molar refractivity (Wildman–Crippen MR) is 90.5 cm³/mol.